The van der Waals surface area contributed by atoms with Crippen LogP contribution in [0.15, 0.2) is 124 Å². The van der Waals surface area contributed by atoms with E-state index in [1.807, 2.05) is 57.2 Å². The monoisotopic (exact) mass is 499 g/mol. The van der Waals surface area contributed by atoms with Gasteiger partial charge in [0.25, 0.3) is 0 Å². The lowest BCUT2D eigenvalue weighted by molar-refractivity contribution is 0.00706. The molecule has 0 radical (unpaired) electrons. The Balaban J connectivity index is 1.38. The average molecular weight is 500 g/mol. The first-order valence-corrected chi connectivity index (χ1v) is 13.2. The Hall–Kier alpha value is -3.70. The van der Waals surface area contributed by atoms with Crippen molar-refractivity contribution in [3.05, 3.63) is 115 Å². The van der Waals surface area contributed by atoms with Gasteiger partial charge in [-0.15, -0.1) is 0 Å². The van der Waals surface area contributed by atoms with Gasteiger partial charge in [-0.3, -0.25) is 0 Å². The van der Waals surface area contributed by atoms with Crippen molar-refractivity contribution in [3.8, 4) is 11.5 Å². The van der Waals surface area contributed by atoms with Crippen molar-refractivity contribution in [2.75, 3.05) is 0 Å². The summed E-state index contributed by atoms with van der Waals surface area (Å²) >= 11 is 0. The summed E-state index contributed by atoms with van der Waals surface area (Å²) in [7, 11) is -0.185. The second-order valence-electron chi connectivity index (χ2n) is 8.90. The third kappa shape index (κ3) is 6.92. The summed E-state index contributed by atoms with van der Waals surface area (Å²) < 4.78 is 16.6. The van der Waals surface area contributed by atoms with Crippen LogP contribution in [0.3, 0.4) is 0 Å². The summed E-state index contributed by atoms with van der Waals surface area (Å²) in [6, 6.07) is 36.7. The standard InChI is InChI=1S/C31H31O4S/c1-4-31(2,3)35-30(32)34-26-17-15-24(16-18-26)23-33-25-19-21-29(22-20-25)36(27-11-7-5-8-12-27)28-13-9-6-10-14-28/h5-22H,4,23H2,1-3H3/q+1. The van der Waals surface area contributed by atoms with E-state index >= 15 is 0 Å². The van der Waals surface area contributed by atoms with Crippen LogP contribution in [-0.2, 0) is 22.2 Å². The van der Waals surface area contributed by atoms with E-state index in [9.17, 15) is 4.79 Å². The average Bonchev–Trinajstić information content (AvgIpc) is 2.90. The topological polar surface area (TPSA) is 44.8 Å². The molecule has 5 heteroatoms. The molecule has 0 atom stereocenters. The molecule has 0 bridgehead atoms. The Labute approximate surface area is 216 Å². The van der Waals surface area contributed by atoms with Crippen LogP contribution in [0.1, 0.15) is 32.8 Å². The van der Waals surface area contributed by atoms with E-state index < -0.39 is 11.8 Å². The molecule has 0 heterocycles. The summed E-state index contributed by atoms with van der Waals surface area (Å²) in [6.45, 7) is 6.08. The molecule has 4 nitrogen and oxygen atoms in total. The lowest BCUT2D eigenvalue weighted by atomic mass is 10.1. The fraction of sp³-hybridized carbons (Fsp3) is 0.194. The number of ether oxygens (including phenoxy) is 3. The number of rotatable bonds is 9. The van der Waals surface area contributed by atoms with Gasteiger partial charge in [0.15, 0.2) is 14.7 Å². The van der Waals surface area contributed by atoms with Gasteiger partial charge < -0.3 is 14.2 Å². The van der Waals surface area contributed by atoms with Gasteiger partial charge in [-0.05, 0) is 86.5 Å². The van der Waals surface area contributed by atoms with Crippen LogP contribution in [0.2, 0.25) is 0 Å². The van der Waals surface area contributed by atoms with E-state index in [-0.39, 0.29) is 10.9 Å². The molecule has 0 aromatic heterocycles. The van der Waals surface area contributed by atoms with Crippen molar-refractivity contribution < 1.29 is 19.0 Å². The first-order chi connectivity index (χ1) is 17.4. The molecule has 4 rings (SSSR count). The van der Waals surface area contributed by atoms with Crippen molar-refractivity contribution in [1.29, 1.82) is 0 Å². The van der Waals surface area contributed by atoms with Gasteiger partial charge in [-0.1, -0.05) is 55.5 Å². The van der Waals surface area contributed by atoms with Gasteiger partial charge in [0.05, 0.1) is 10.9 Å². The summed E-state index contributed by atoms with van der Waals surface area (Å²) in [5, 5.41) is 0. The van der Waals surface area contributed by atoms with Crippen LogP contribution in [0.25, 0.3) is 0 Å². The number of hydrogen-bond donors (Lipinski definition) is 0. The van der Waals surface area contributed by atoms with Crippen molar-refractivity contribution in [2.45, 2.75) is 54.1 Å². The first kappa shape index (κ1) is 25.4. The highest BCUT2D eigenvalue weighted by molar-refractivity contribution is 7.97. The van der Waals surface area contributed by atoms with Crippen molar-refractivity contribution in [3.63, 3.8) is 0 Å². The molecule has 0 N–H and O–H groups in total. The maximum Gasteiger partial charge on any atom is 0.514 e. The molecular weight excluding hydrogens is 468 g/mol. The lowest BCUT2D eigenvalue weighted by Gasteiger charge is -2.22. The fourth-order valence-electron chi connectivity index (χ4n) is 3.43. The van der Waals surface area contributed by atoms with Gasteiger partial charge in [0.2, 0.25) is 0 Å². The van der Waals surface area contributed by atoms with Crippen LogP contribution in [0.4, 0.5) is 4.79 Å². The molecular formula is C31H31O4S+. The maximum absolute atomic E-state index is 12.0. The molecule has 0 aliphatic carbocycles. The third-order valence-corrected chi connectivity index (χ3v) is 7.99. The van der Waals surface area contributed by atoms with Gasteiger partial charge in [0.1, 0.15) is 23.7 Å². The minimum absolute atomic E-state index is 0.185. The van der Waals surface area contributed by atoms with Gasteiger partial charge in [-0.2, -0.15) is 0 Å². The number of hydrogen-bond acceptors (Lipinski definition) is 4. The number of benzene rings is 4. The number of carbonyl (C=O) groups is 1. The van der Waals surface area contributed by atoms with Gasteiger partial charge in [0, 0.05) is 0 Å². The minimum Gasteiger partial charge on any atom is -0.489 e. The molecule has 0 aliphatic heterocycles. The quantitative estimate of drug-likeness (QED) is 0.133. The Morgan fingerprint density at radius 1 is 0.694 bits per heavy atom. The summed E-state index contributed by atoms with van der Waals surface area (Å²) in [5.41, 5.74) is 0.422. The molecule has 36 heavy (non-hydrogen) atoms. The molecule has 0 unspecified atom stereocenters. The van der Waals surface area contributed by atoms with Gasteiger partial charge in [-0.25, -0.2) is 4.79 Å². The molecule has 4 aromatic rings. The van der Waals surface area contributed by atoms with Crippen LogP contribution in [0, 0.1) is 0 Å². The van der Waals surface area contributed by atoms with E-state index in [2.05, 4.69) is 60.7 Å². The highest BCUT2D eigenvalue weighted by Gasteiger charge is 2.28. The molecule has 0 fully saturated rings. The zero-order valence-electron chi connectivity index (χ0n) is 20.8. The van der Waals surface area contributed by atoms with Crippen molar-refractivity contribution >= 4 is 17.1 Å². The van der Waals surface area contributed by atoms with E-state index in [4.69, 9.17) is 14.2 Å². The highest BCUT2D eigenvalue weighted by Crippen LogP contribution is 2.32. The van der Waals surface area contributed by atoms with Crippen LogP contribution < -0.4 is 9.47 Å². The van der Waals surface area contributed by atoms with E-state index in [0.717, 1.165) is 11.3 Å². The molecule has 184 valence electrons. The zero-order chi connectivity index (χ0) is 25.4. The predicted octanol–water partition coefficient (Wildman–Crippen LogP) is 8.07. The minimum atomic E-state index is -0.698. The van der Waals surface area contributed by atoms with Crippen molar-refractivity contribution in [1.82, 2.24) is 0 Å². The Kier molecular flexibility index (Phi) is 8.34. The Morgan fingerprint density at radius 2 is 1.19 bits per heavy atom. The first-order valence-electron chi connectivity index (χ1n) is 12.0. The molecule has 0 saturated heterocycles. The highest BCUT2D eigenvalue weighted by atomic mass is 32.2. The molecule has 0 aliphatic rings. The second kappa shape index (κ2) is 11.8. The smallest absolute Gasteiger partial charge is 0.489 e. The maximum atomic E-state index is 12.0. The van der Waals surface area contributed by atoms with Gasteiger partial charge >= 0.3 is 6.16 Å². The van der Waals surface area contributed by atoms with E-state index in [0.29, 0.717) is 18.8 Å². The summed E-state index contributed by atoms with van der Waals surface area (Å²) in [5.74, 6) is 1.24. The normalized spacial score (nSPS) is 11.2. The molecule has 0 amide bonds. The third-order valence-electron chi connectivity index (χ3n) is 5.76. The second-order valence-corrected chi connectivity index (χ2v) is 10.9. The fourth-order valence-corrected chi connectivity index (χ4v) is 5.51. The summed E-state index contributed by atoms with van der Waals surface area (Å²) in [4.78, 5) is 15.8. The van der Waals surface area contributed by atoms with Crippen LogP contribution in [-0.4, -0.2) is 11.8 Å². The van der Waals surface area contributed by atoms with E-state index in [1.54, 1.807) is 12.1 Å². The Bertz CT molecular complexity index is 1200. The predicted molar refractivity (Wildman–Crippen MR) is 144 cm³/mol. The van der Waals surface area contributed by atoms with Crippen LogP contribution >= 0.6 is 0 Å². The number of carbonyl (C=O) groups excluding carboxylic acids is 1. The molecule has 4 aromatic carbocycles. The lowest BCUT2D eigenvalue weighted by Crippen LogP contribution is -2.28. The zero-order valence-corrected chi connectivity index (χ0v) is 21.7. The van der Waals surface area contributed by atoms with Crippen molar-refractivity contribution in [2.24, 2.45) is 0 Å². The summed E-state index contributed by atoms with van der Waals surface area (Å²) in [6.07, 6.45) is 0.00912. The molecule has 0 saturated carbocycles. The molecule has 0 spiro atoms. The van der Waals surface area contributed by atoms with E-state index in [1.165, 1.54) is 14.7 Å². The SMILES string of the molecule is CCC(C)(C)OC(=O)Oc1ccc(COc2ccc([S+](c3ccccc3)c3ccccc3)cc2)cc1. The largest absolute Gasteiger partial charge is 0.514 e. The van der Waals surface area contributed by atoms with Crippen LogP contribution in [0.5, 0.6) is 11.5 Å². The Morgan fingerprint density at radius 3 is 1.72 bits per heavy atom.